The molecule has 1 amide bonds. The highest BCUT2D eigenvalue weighted by Crippen LogP contribution is 2.27. The van der Waals surface area contributed by atoms with Crippen molar-refractivity contribution in [2.45, 2.75) is 0 Å². The Morgan fingerprint density at radius 3 is 2.78 bits per heavy atom. The minimum Gasteiger partial charge on any atom is -0.453 e. The standard InChI is InChI=1S/C9H8ClN3O4S/c1-17-9(14)12-8(18)11-6-3-2-5(10)4-7(6)13(15)16/h2-4H,1H3,(H2,11,12,14,18). The zero-order valence-corrected chi connectivity index (χ0v) is 10.7. The fourth-order valence-electron chi connectivity index (χ4n) is 1.06. The fraction of sp³-hybridized carbons (Fsp3) is 0.111. The third-order valence-electron chi connectivity index (χ3n) is 1.81. The molecule has 9 heteroatoms. The average molecular weight is 290 g/mol. The first-order valence-electron chi connectivity index (χ1n) is 4.54. The summed E-state index contributed by atoms with van der Waals surface area (Å²) in [5, 5.41) is 15.6. The molecule has 0 heterocycles. The van der Waals surface area contributed by atoms with Gasteiger partial charge in [0, 0.05) is 11.1 Å². The molecule has 1 aromatic carbocycles. The minimum absolute atomic E-state index is 0.116. The number of nitrogens with zero attached hydrogens (tertiary/aromatic N) is 1. The maximum atomic E-state index is 10.9. The molecule has 7 nitrogen and oxygen atoms in total. The number of amides is 1. The van der Waals surface area contributed by atoms with E-state index in [2.05, 4.69) is 15.4 Å². The largest absolute Gasteiger partial charge is 0.453 e. The van der Waals surface area contributed by atoms with Crippen LogP contribution in [0.1, 0.15) is 0 Å². The van der Waals surface area contributed by atoms with Gasteiger partial charge in [0.2, 0.25) is 0 Å². The predicted molar refractivity (Wildman–Crippen MR) is 69.9 cm³/mol. The van der Waals surface area contributed by atoms with E-state index in [1.807, 2.05) is 0 Å². The number of nitrogens with one attached hydrogen (secondary N) is 2. The van der Waals surface area contributed by atoms with Gasteiger partial charge < -0.3 is 10.1 Å². The zero-order chi connectivity index (χ0) is 13.7. The second-order valence-electron chi connectivity index (χ2n) is 2.99. The average Bonchev–Trinajstić information content (AvgIpc) is 2.30. The molecule has 0 aliphatic carbocycles. The number of nitro benzene ring substituents is 1. The first kappa shape index (κ1) is 14.1. The lowest BCUT2D eigenvalue weighted by molar-refractivity contribution is -0.383. The molecular weight excluding hydrogens is 282 g/mol. The lowest BCUT2D eigenvalue weighted by Gasteiger charge is -2.08. The quantitative estimate of drug-likeness (QED) is 0.493. The van der Waals surface area contributed by atoms with E-state index in [1.165, 1.54) is 25.3 Å². The molecule has 0 atom stereocenters. The van der Waals surface area contributed by atoms with E-state index in [9.17, 15) is 14.9 Å². The Balaban J connectivity index is 2.87. The molecule has 0 fully saturated rings. The van der Waals surface area contributed by atoms with E-state index >= 15 is 0 Å². The Kier molecular flexibility index (Phi) is 4.81. The number of methoxy groups -OCH3 is 1. The van der Waals surface area contributed by atoms with Crippen LogP contribution >= 0.6 is 23.8 Å². The maximum Gasteiger partial charge on any atom is 0.413 e. The van der Waals surface area contributed by atoms with Crippen molar-refractivity contribution in [3.05, 3.63) is 33.3 Å². The highest BCUT2D eigenvalue weighted by molar-refractivity contribution is 7.80. The number of rotatable bonds is 2. The smallest absolute Gasteiger partial charge is 0.413 e. The lowest BCUT2D eigenvalue weighted by atomic mass is 10.2. The molecule has 0 radical (unpaired) electrons. The van der Waals surface area contributed by atoms with Crippen molar-refractivity contribution in [3.63, 3.8) is 0 Å². The van der Waals surface area contributed by atoms with E-state index in [1.54, 1.807) is 0 Å². The van der Waals surface area contributed by atoms with Crippen LogP contribution in [-0.2, 0) is 4.74 Å². The molecule has 0 aromatic heterocycles. The van der Waals surface area contributed by atoms with Crippen molar-refractivity contribution in [1.82, 2.24) is 5.32 Å². The van der Waals surface area contributed by atoms with E-state index in [0.717, 1.165) is 0 Å². The SMILES string of the molecule is COC(=O)NC(=S)Nc1ccc(Cl)cc1[N+](=O)[O-]. The second-order valence-corrected chi connectivity index (χ2v) is 3.83. The molecule has 0 saturated carbocycles. The van der Waals surface area contributed by atoms with Crippen LogP contribution in [0.4, 0.5) is 16.2 Å². The number of hydrogen-bond donors (Lipinski definition) is 2. The Bertz CT molecular complexity index is 509. The van der Waals surface area contributed by atoms with Crippen molar-refractivity contribution in [3.8, 4) is 0 Å². The van der Waals surface area contributed by atoms with Crippen molar-refractivity contribution in [2.75, 3.05) is 12.4 Å². The summed E-state index contributed by atoms with van der Waals surface area (Å²) in [5.41, 5.74) is -0.137. The number of hydrogen-bond acceptors (Lipinski definition) is 5. The molecule has 2 N–H and O–H groups in total. The first-order chi connectivity index (χ1) is 8.43. The van der Waals surface area contributed by atoms with Crippen molar-refractivity contribution in [1.29, 1.82) is 0 Å². The highest BCUT2D eigenvalue weighted by Gasteiger charge is 2.15. The fourth-order valence-corrected chi connectivity index (χ4v) is 1.42. The molecular formula is C9H8ClN3O4S. The summed E-state index contributed by atoms with van der Waals surface area (Å²) in [6.45, 7) is 0. The highest BCUT2D eigenvalue weighted by atomic mass is 35.5. The number of thiocarbonyl (C=S) groups is 1. The van der Waals surface area contributed by atoms with Gasteiger partial charge in [-0.2, -0.15) is 0 Å². The van der Waals surface area contributed by atoms with Crippen molar-refractivity contribution < 1.29 is 14.5 Å². The number of anilines is 1. The molecule has 1 aromatic rings. The molecule has 0 aliphatic heterocycles. The maximum absolute atomic E-state index is 10.9. The Labute approximate surface area is 112 Å². The van der Waals surface area contributed by atoms with Gasteiger partial charge in [-0.3, -0.25) is 15.4 Å². The van der Waals surface area contributed by atoms with Gasteiger partial charge in [-0.05, 0) is 24.4 Å². The summed E-state index contributed by atoms with van der Waals surface area (Å²) in [6.07, 6.45) is -0.774. The van der Waals surface area contributed by atoms with Gasteiger partial charge in [-0.25, -0.2) is 4.79 Å². The molecule has 0 bridgehead atoms. The van der Waals surface area contributed by atoms with E-state index in [-0.39, 0.29) is 21.5 Å². The van der Waals surface area contributed by atoms with E-state index < -0.39 is 11.0 Å². The number of halogens is 1. The normalized spacial score (nSPS) is 9.44. The Morgan fingerprint density at radius 1 is 1.56 bits per heavy atom. The molecule has 1 rings (SSSR count). The Morgan fingerprint density at radius 2 is 2.22 bits per heavy atom. The molecule has 0 unspecified atom stereocenters. The van der Waals surface area contributed by atoms with E-state index in [0.29, 0.717) is 0 Å². The van der Waals surface area contributed by atoms with Crippen LogP contribution in [-0.4, -0.2) is 23.2 Å². The van der Waals surface area contributed by atoms with Crippen LogP contribution in [0.25, 0.3) is 0 Å². The third kappa shape index (κ3) is 3.82. The molecule has 0 spiro atoms. The Hall–Kier alpha value is -1.93. The summed E-state index contributed by atoms with van der Waals surface area (Å²) in [7, 11) is 1.17. The number of nitro groups is 1. The molecule has 0 aliphatic rings. The van der Waals surface area contributed by atoms with Crippen LogP contribution in [0.2, 0.25) is 5.02 Å². The van der Waals surface area contributed by atoms with Gasteiger partial charge in [0.05, 0.1) is 12.0 Å². The van der Waals surface area contributed by atoms with Gasteiger partial charge in [0.15, 0.2) is 5.11 Å². The summed E-state index contributed by atoms with van der Waals surface area (Å²) in [4.78, 5) is 21.0. The topological polar surface area (TPSA) is 93.5 Å². The minimum atomic E-state index is -0.774. The van der Waals surface area contributed by atoms with Crippen LogP contribution in [0, 0.1) is 10.1 Å². The van der Waals surface area contributed by atoms with Gasteiger partial charge in [0.1, 0.15) is 5.69 Å². The monoisotopic (exact) mass is 289 g/mol. The third-order valence-corrected chi connectivity index (χ3v) is 2.24. The van der Waals surface area contributed by atoms with Gasteiger partial charge in [0.25, 0.3) is 5.69 Å². The van der Waals surface area contributed by atoms with Crippen LogP contribution in [0.15, 0.2) is 18.2 Å². The summed E-state index contributed by atoms with van der Waals surface area (Å²) in [5.74, 6) is 0. The van der Waals surface area contributed by atoms with Gasteiger partial charge >= 0.3 is 6.09 Å². The molecule has 18 heavy (non-hydrogen) atoms. The number of benzene rings is 1. The number of alkyl carbamates (subject to hydrolysis) is 1. The van der Waals surface area contributed by atoms with Crippen LogP contribution in [0.5, 0.6) is 0 Å². The molecule has 96 valence electrons. The summed E-state index contributed by atoms with van der Waals surface area (Å²) in [6, 6.07) is 4.01. The number of ether oxygens (including phenoxy) is 1. The predicted octanol–water partition coefficient (Wildman–Crippen LogP) is 2.30. The zero-order valence-electron chi connectivity index (χ0n) is 9.10. The first-order valence-corrected chi connectivity index (χ1v) is 5.32. The van der Waals surface area contributed by atoms with Gasteiger partial charge in [-0.15, -0.1) is 0 Å². The second kappa shape index (κ2) is 6.12. The summed E-state index contributed by atoms with van der Waals surface area (Å²) >= 11 is 10.4. The number of carbonyl (C=O) groups excluding carboxylic acids is 1. The summed E-state index contributed by atoms with van der Waals surface area (Å²) < 4.78 is 4.32. The number of carbonyl (C=O) groups is 1. The van der Waals surface area contributed by atoms with Crippen LogP contribution in [0.3, 0.4) is 0 Å². The molecule has 0 saturated heterocycles. The van der Waals surface area contributed by atoms with Crippen molar-refractivity contribution >= 4 is 46.4 Å². The van der Waals surface area contributed by atoms with Gasteiger partial charge in [-0.1, -0.05) is 11.6 Å². The van der Waals surface area contributed by atoms with Crippen molar-refractivity contribution in [2.24, 2.45) is 0 Å². The van der Waals surface area contributed by atoms with E-state index in [4.69, 9.17) is 23.8 Å². The van der Waals surface area contributed by atoms with Crippen LogP contribution < -0.4 is 10.6 Å². The lowest BCUT2D eigenvalue weighted by Crippen LogP contribution is -2.34.